The number of ether oxygens (including phenoxy) is 2. The fourth-order valence-corrected chi connectivity index (χ4v) is 6.72. The van der Waals surface area contributed by atoms with Crippen LogP contribution in [0.2, 0.25) is 0 Å². The number of pyridine rings is 1. The Balaban J connectivity index is 1.21. The van der Waals surface area contributed by atoms with Crippen LogP contribution >= 0.6 is 0 Å². The van der Waals surface area contributed by atoms with Crippen LogP contribution in [0.15, 0.2) is 134 Å². The second kappa shape index (κ2) is 10.5. The number of benzene rings is 5. The lowest BCUT2D eigenvalue weighted by molar-refractivity contribution is 0.361. The van der Waals surface area contributed by atoms with Crippen molar-refractivity contribution < 1.29 is 9.47 Å². The Hall–Kier alpha value is -6.14. The summed E-state index contributed by atoms with van der Waals surface area (Å²) in [7, 11) is 0. The zero-order valence-corrected chi connectivity index (χ0v) is 25.8. The van der Waals surface area contributed by atoms with Gasteiger partial charge in [0.2, 0.25) is 0 Å². The predicted molar refractivity (Wildman–Crippen MR) is 184 cm³/mol. The van der Waals surface area contributed by atoms with Crippen LogP contribution in [0.25, 0.3) is 56.5 Å². The SMILES string of the molecule is CC1(C)c2ccccc2-c2c1ccc1c2Oc2c(cccc2-c2nc(-c3ccccc3)nc(-c3cccc(-c4ccccn4)c3)n2)O1. The molecule has 0 radical (unpaired) electrons. The molecule has 1 aliphatic heterocycles. The number of para-hydroxylation sites is 1. The van der Waals surface area contributed by atoms with Crippen molar-refractivity contribution in [3.8, 4) is 79.5 Å². The van der Waals surface area contributed by atoms with Crippen molar-refractivity contribution in [3.05, 3.63) is 145 Å². The summed E-state index contributed by atoms with van der Waals surface area (Å²) in [5.41, 5.74) is 8.88. The lowest BCUT2D eigenvalue weighted by atomic mass is 9.82. The molecule has 47 heavy (non-hydrogen) atoms. The quantitative estimate of drug-likeness (QED) is 0.198. The first-order chi connectivity index (χ1) is 23.0. The Kier molecular flexibility index (Phi) is 6.05. The first kappa shape index (κ1) is 27.2. The van der Waals surface area contributed by atoms with E-state index in [0.29, 0.717) is 40.5 Å². The zero-order valence-electron chi connectivity index (χ0n) is 25.8. The van der Waals surface area contributed by atoms with E-state index in [9.17, 15) is 0 Å². The fraction of sp³-hybridized carbons (Fsp3) is 0.0732. The molecule has 0 saturated carbocycles. The van der Waals surface area contributed by atoms with Crippen molar-refractivity contribution in [2.75, 3.05) is 0 Å². The molecule has 0 atom stereocenters. The van der Waals surface area contributed by atoms with Gasteiger partial charge in [-0.1, -0.05) is 105 Å². The van der Waals surface area contributed by atoms with E-state index in [1.54, 1.807) is 6.20 Å². The molecule has 0 unspecified atom stereocenters. The van der Waals surface area contributed by atoms with Crippen molar-refractivity contribution in [1.29, 1.82) is 0 Å². The number of hydrogen-bond donors (Lipinski definition) is 0. The van der Waals surface area contributed by atoms with E-state index in [1.807, 2.05) is 91.0 Å². The van der Waals surface area contributed by atoms with Crippen molar-refractivity contribution in [2.45, 2.75) is 19.3 Å². The average molecular weight is 609 g/mol. The van der Waals surface area contributed by atoms with E-state index in [2.05, 4.69) is 55.2 Å². The van der Waals surface area contributed by atoms with Crippen molar-refractivity contribution in [2.24, 2.45) is 0 Å². The number of fused-ring (bicyclic) bond motifs is 6. The molecule has 224 valence electrons. The van der Waals surface area contributed by atoms with Gasteiger partial charge in [-0.3, -0.25) is 4.98 Å². The van der Waals surface area contributed by atoms with Gasteiger partial charge in [0.15, 0.2) is 40.5 Å². The van der Waals surface area contributed by atoms with Gasteiger partial charge < -0.3 is 9.47 Å². The van der Waals surface area contributed by atoms with Gasteiger partial charge in [-0.25, -0.2) is 15.0 Å². The van der Waals surface area contributed by atoms with Crippen LogP contribution in [0, 0.1) is 0 Å². The van der Waals surface area contributed by atoms with Crippen LogP contribution < -0.4 is 9.47 Å². The van der Waals surface area contributed by atoms with Gasteiger partial charge in [-0.2, -0.15) is 0 Å². The van der Waals surface area contributed by atoms with Crippen LogP contribution in [-0.4, -0.2) is 19.9 Å². The van der Waals surface area contributed by atoms with Gasteiger partial charge >= 0.3 is 0 Å². The van der Waals surface area contributed by atoms with E-state index >= 15 is 0 Å². The first-order valence-corrected chi connectivity index (χ1v) is 15.6. The molecule has 0 spiro atoms. The third-order valence-electron chi connectivity index (χ3n) is 9.06. The monoisotopic (exact) mass is 608 g/mol. The second-order valence-electron chi connectivity index (χ2n) is 12.3. The molecule has 3 heterocycles. The number of nitrogens with zero attached hydrogens (tertiary/aromatic N) is 4. The summed E-state index contributed by atoms with van der Waals surface area (Å²) in [6.45, 7) is 4.51. The minimum absolute atomic E-state index is 0.165. The summed E-state index contributed by atoms with van der Waals surface area (Å²) in [5, 5.41) is 0. The summed E-state index contributed by atoms with van der Waals surface area (Å²) >= 11 is 0. The average Bonchev–Trinajstić information content (AvgIpc) is 3.37. The van der Waals surface area contributed by atoms with Crippen LogP contribution in [0.5, 0.6) is 23.0 Å². The van der Waals surface area contributed by atoms with Gasteiger partial charge in [0, 0.05) is 33.9 Å². The highest BCUT2D eigenvalue weighted by Crippen LogP contribution is 2.59. The summed E-state index contributed by atoms with van der Waals surface area (Å²) in [5.74, 6) is 4.21. The second-order valence-corrected chi connectivity index (χ2v) is 12.3. The normalized spacial score (nSPS) is 13.4. The van der Waals surface area contributed by atoms with Gasteiger partial charge in [-0.05, 0) is 53.1 Å². The van der Waals surface area contributed by atoms with Gasteiger partial charge in [-0.15, -0.1) is 0 Å². The molecule has 0 bridgehead atoms. The third kappa shape index (κ3) is 4.41. The molecule has 0 saturated heterocycles. The topological polar surface area (TPSA) is 70.0 Å². The van der Waals surface area contributed by atoms with Crippen LogP contribution in [0.1, 0.15) is 25.0 Å². The molecular weight excluding hydrogens is 580 g/mol. The molecule has 6 heteroatoms. The van der Waals surface area contributed by atoms with Gasteiger partial charge in [0.05, 0.1) is 11.3 Å². The van der Waals surface area contributed by atoms with Crippen molar-refractivity contribution >= 4 is 0 Å². The smallest absolute Gasteiger partial charge is 0.181 e. The molecule has 5 aromatic carbocycles. The molecule has 7 aromatic rings. The van der Waals surface area contributed by atoms with E-state index in [4.69, 9.17) is 24.4 Å². The van der Waals surface area contributed by atoms with E-state index < -0.39 is 0 Å². The maximum absolute atomic E-state index is 6.89. The molecular formula is C41H28N4O2. The highest BCUT2D eigenvalue weighted by Gasteiger charge is 2.40. The summed E-state index contributed by atoms with van der Waals surface area (Å²) in [6.07, 6.45) is 1.80. The molecule has 0 fully saturated rings. The minimum Gasteiger partial charge on any atom is -0.449 e. The lowest BCUT2D eigenvalue weighted by Gasteiger charge is -2.26. The Bertz CT molecular complexity index is 2340. The van der Waals surface area contributed by atoms with Gasteiger partial charge in [0.1, 0.15) is 0 Å². The zero-order chi connectivity index (χ0) is 31.5. The van der Waals surface area contributed by atoms with E-state index in [0.717, 1.165) is 39.1 Å². The standard InChI is InChI=1S/C41H28N4O2/c1-41(2)30-18-7-6-16-28(30)35-31(41)21-22-34-37(35)47-36-29(17-11-20-33(36)46-34)40-44-38(25-12-4-3-5-13-25)43-39(45-40)27-15-10-14-26(24-27)32-19-8-9-23-42-32/h3-24H,1-2H3. The third-order valence-corrected chi connectivity index (χ3v) is 9.06. The molecule has 1 aliphatic carbocycles. The van der Waals surface area contributed by atoms with Crippen LogP contribution in [0.3, 0.4) is 0 Å². The Morgan fingerprint density at radius 1 is 0.489 bits per heavy atom. The fourth-order valence-electron chi connectivity index (χ4n) is 6.72. The summed E-state index contributed by atoms with van der Waals surface area (Å²) in [4.78, 5) is 19.6. The van der Waals surface area contributed by atoms with Gasteiger partial charge in [0.25, 0.3) is 0 Å². The Labute approximate surface area is 272 Å². The lowest BCUT2D eigenvalue weighted by Crippen LogP contribution is -2.15. The molecule has 2 aliphatic rings. The van der Waals surface area contributed by atoms with E-state index in [1.165, 1.54) is 11.1 Å². The molecule has 9 rings (SSSR count). The summed E-state index contributed by atoms with van der Waals surface area (Å²) < 4.78 is 13.4. The highest BCUT2D eigenvalue weighted by atomic mass is 16.6. The van der Waals surface area contributed by atoms with Crippen LogP contribution in [0.4, 0.5) is 0 Å². The highest BCUT2D eigenvalue weighted by molar-refractivity contribution is 5.89. The Morgan fingerprint density at radius 3 is 2.02 bits per heavy atom. The van der Waals surface area contributed by atoms with Crippen molar-refractivity contribution in [3.63, 3.8) is 0 Å². The summed E-state index contributed by atoms with van der Waals surface area (Å²) in [6, 6.07) is 42.5. The Morgan fingerprint density at radius 2 is 1.17 bits per heavy atom. The predicted octanol–water partition coefficient (Wildman–Crippen LogP) is 10.1. The van der Waals surface area contributed by atoms with Crippen LogP contribution in [-0.2, 0) is 5.41 Å². The maximum atomic E-state index is 6.89. The largest absolute Gasteiger partial charge is 0.449 e. The molecule has 6 nitrogen and oxygen atoms in total. The molecule has 0 amide bonds. The van der Waals surface area contributed by atoms with Crippen molar-refractivity contribution in [1.82, 2.24) is 19.9 Å². The molecule has 0 N–H and O–H groups in total. The van der Waals surface area contributed by atoms with E-state index in [-0.39, 0.29) is 5.41 Å². The molecule has 2 aromatic heterocycles. The number of rotatable bonds is 4. The first-order valence-electron chi connectivity index (χ1n) is 15.6. The number of hydrogen-bond acceptors (Lipinski definition) is 6. The maximum Gasteiger partial charge on any atom is 0.181 e. The number of aromatic nitrogens is 4. The minimum atomic E-state index is -0.165.